The molecule has 0 saturated carbocycles. The maximum absolute atomic E-state index is 13.3. The summed E-state index contributed by atoms with van der Waals surface area (Å²) in [4.78, 5) is 2.21. The minimum Gasteiger partial charge on any atom is -0.459 e. The van der Waals surface area contributed by atoms with Gasteiger partial charge in [-0.1, -0.05) is 0 Å². The molecule has 0 atom stereocenters. The molecule has 0 aliphatic heterocycles. The number of fused-ring (bicyclic) bond motifs is 1. The van der Waals surface area contributed by atoms with E-state index in [1.807, 2.05) is 6.92 Å². The van der Waals surface area contributed by atoms with Crippen molar-refractivity contribution >= 4 is 11.0 Å². The summed E-state index contributed by atoms with van der Waals surface area (Å²) in [6, 6.07) is 4.67. The number of furan rings is 1. The molecule has 0 aliphatic carbocycles. The molecular formula is C17H25FN2O. The average Bonchev–Trinajstić information content (AvgIpc) is 2.65. The fraction of sp³-hybridized carbons (Fsp3) is 0.529. The number of nitrogens with zero attached hydrogens (tertiary/aromatic N) is 1. The zero-order valence-corrected chi connectivity index (χ0v) is 13.6. The second kappa shape index (κ2) is 6.16. The Morgan fingerprint density at radius 3 is 2.67 bits per heavy atom. The van der Waals surface area contributed by atoms with Crippen molar-refractivity contribution in [2.45, 2.75) is 39.8 Å². The smallest absolute Gasteiger partial charge is 0.134 e. The van der Waals surface area contributed by atoms with Crippen LogP contribution < -0.4 is 5.32 Å². The maximum atomic E-state index is 13.3. The minimum atomic E-state index is -0.222. The van der Waals surface area contributed by atoms with E-state index in [1.54, 1.807) is 12.1 Å². The fourth-order valence-corrected chi connectivity index (χ4v) is 2.34. The highest BCUT2D eigenvalue weighted by molar-refractivity contribution is 5.82. The van der Waals surface area contributed by atoms with Crippen LogP contribution in [0.1, 0.15) is 32.1 Å². The van der Waals surface area contributed by atoms with Gasteiger partial charge in [0.2, 0.25) is 0 Å². The number of benzene rings is 1. The van der Waals surface area contributed by atoms with Crippen molar-refractivity contribution in [3.8, 4) is 0 Å². The van der Waals surface area contributed by atoms with Crippen LogP contribution in [0.5, 0.6) is 0 Å². The van der Waals surface area contributed by atoms with Crippen molar-refractivity contribution < 1.29 is 8.81 Å². The summed E-state index contributed by atoms with van der Waals surface area (Å²) < 4.78 is 19.1. The van der Waals surface area contributed by atoms with E-state index >= 15 is 0 Å². The lowest BCUT2D eigenvalue weighted by Gasteiger charge is -2.23. The van der Waals surface area contributed by atoms with E-state index in [4.69, 9.17) is 4.42 Å². The Kier molecular flexibility index (Phi) is 4.69. The van der Waals surface area contributed by atoms with E-state index in [-0.39, 0.29) is 11.4 Å². The third kappa shape index (κ3) is 4.29. The molecule has 0 saturated heterocycles. The van der Waals surface area contributed by atoms with Gasteiger partial charge in [-0.05, 0) is 58.5 Å². The van der Waals surface area contributed by atoms with Gasteiger partial charge < -0.3 is 9.73 Å². The first-order chi connectivity index (χ1) is 9.76. The van der Waals surface area contributed by atoms with Gasteiger partial charge in [-0.3, -0.25) is 4.90 Å². The first-order valence-corrected chi connectivity index (χ1v) is 7.37. The van der Waals surface area contributed by atoms with Crippen LogP contribution in [0.4, 0.5) is 4.39 Å². The maximum Gasteiger partial charge on any atom is 0.134 e. The van der Waals surface area contributed by atoms with Crippen LogP contribution in [0.3, 0.4) is 0 Å². The highest BCUT2D eigenvalue weighted by Gasteiger charge is 2.14. The van der Waals surface area contributed by atoms with Crippen molar-refractivity contribution in [3.63, 3.8) is 0 Å². The van der Waals surface area contributed by atoms with Crippen molar-refractivity contribution in [1.82, 2.24) is 10.2 Å². The lowest BCUT2D eigenvalue weighted by atomic mass is 10.1. The third-order valence-corrected chi connectivity index (χ3v) is 3.56. The van der Waals surface area contributed by atoms with Crippen LogP contribution in [0, 0.1) is 12.7 Å². The van der Waals surface area contributed by atoms with Crippen LogP contribution >= 0.6 is 0 Å². The van der Waals surface area contributed by atoms with Crippen LogP contribution in [0.2, 0.25) is 0 Å². The predicted octanol–water partition coefficient (Wildman–Crippen LogP) is 3.70. The van der Waals surface area contributed by atoms with E-state index in [1.165, 1.54) is 6.07 Å². The second-order valence-electron chi connectivity index (χ2n) is 6.71. The van der Waals surface area contributed by atoms with Gasteiger partial charge in [0.25, 0.3) is 0 Å². The minimum absolute atomic E-state index is 0.133. The van der Waals surface area contributed by atoms with Crippen LogP contribution in [0.15, 0.2) is 22.6 Å². The molecule has 0 aliphatic rings. The number of hydrogen-bond acceptors (Lipinski definition) is 3. The molecule has 1 heterocycles. The van der Waals surface area contributed by atoms with Gasteiger partial charge in [0.05, 0.1) is 6.54 Å². The Labute approximate surface area is 126 Å². The number of halogens is 1. The zero-order chi connectivity index (χ0) is 15.6. The van der Waals surface area contributed by atoms with Gasteiger partial charge in [0.15, 0.2) is 0 Å². The molecule has 1 aromatic carbocycles. The second-order valence-corrected chi connectivity index (χ2v) is 6.71. The third-order valence-electron chi connectivity index (χ3n) is 3.56. The molecule has 1 N–H and O–H groups in total. The van der Waals surface area contributed by atoms with Gasteiger partial charge in [-0.15, -0.1) is 0 Å². The molecule has 1 aromatic heterocycles. The van der Waals surface area contributed by atoms with Gasteiger partial charge in [0, 0.05) is 24.0 Å². The highest BCUT2D eigenvalue weighted by atomic mass is 19.1. The molecule has 0 radical (unpaired) electrons. The molecule has 2 aromatic rings. The van der Waals surface area contributed by atoms with Gasteiger partial charge >= 0.3 is 0 Å². The van der Waals surface area contributed by atoms with E-state index in [2.05, 4.69) is 38.0 Å². The Hall–Kier alpha value is -1.39. The van der Waals surface area contributed by atoms with Crippen LogP contribution in [-0.4, -0.2) is 30.6 Å². The molecule has 0 spiro atoms. The molecule has 2 rings (SSSR count). The van der Waals surface area contributed by atoms with Crippen molar-refractivity contribution in [2.24, 2.45) is 0 Å². The molecule has 21 heavy (non-hydrogen) atoms. The summed E-state index contributed by atoms with van der Waals surface area (Å²) in [5, 5.41) is 4.33. The fourth-order valence-electron chi connectivity index (χ4n) is 2.34. The normalized spacial score (nSPS) is 12.5. The average molecular weight is 292 g/mol. The molecule has 0 fully saturated rings. The highest BCUT2D eigenvalue weighted by Crippen LogP contribution is 2.26. The Morgan fingerprint density at radius 1 is 1.29 bits per heavy atom. The SMILES string of the molecule is Cc1c(CN(C)CCNC(C)(C)C)oc2ccc(F)cc12. The van der Waals surface area contributed by atoms with Crippen LogP contribution in [-0.2, 0) is 6.54 Å². The Morgan fingerprint density at radius 2 is 2.00 bits per heavy atom. The standard InChI is InChI=1S/C17H25FN2O/c1-12-14-10-13(18)6-7-15(14)21-16(12)11-20(5)9-8-19-17(2,3)4/h6-7,10,19H,8-9,11H2,1-5H3. The molecule has 116 valence electrons. The van der Waals surface area contributed by atoms with Gasteiger partial charge in [-0.2, -0.15) is 0 Å². The number of aryl methyl sites for hydroxylation is 1. The molecule has 3 nitrogen and oxygen atoms in total. The molecule has 0 unspecified atom stereocenters. The first-order valence-electron chi connectivity index (χ1n) is 7.37. The van der Waals surface area contributed by atoms with E-state index in [0.717, 1.165) is 41.9 Å². The zero-order valence-electron chi connectivity index (χ0n) is 13.6. The summed E-state index contributed by atoms with van der Waals surface area (Å²) in [5.74, 6) is 0.689. The lowest BCUT2D eigenvalue weighted by molar-refractivity contribution is 0.282. The van der Waals surface area contributed by atoms with E-state index in [9.17, 15) is 4.39 Å². The molecule has 4 heteroatoms. The lowest BCUT2D eigenvalue weighted by Crippen LogP contribution is -2.40. The summed E-state index contributed by atoms with van der Waals surface area (Å²) >= 11 is 0. The topological polar surface area (TPSA) is 28.4 Å². The van der Waals surface area contributed by atoms with Crippen molar-refractivity contribution in [1.29, 1.82) is 0 Å². The van der Waals surface area contributed by atoms with Crippen molar-refractivity contribution in [2.75, 3.05) is 20.1 Å². The van der Waals surface area contributed by atoms with Gasteiger partial charge in [-0.25, -0.2) is 4.39 Å². The Balaban J connectivity index is 2.01. The quantitative estimate of drug-likeness (QED) is 0.911. The number of nitrogens with one attached hydrogen (secondary N) is 1. The molecule has 0 bridgehead atoms. The molecular weight excluding hydrogens is 267 g/mol. The number of likely N-dealkylation sites (N-methyl/N-ethyl adjacent to an activating group) is 1. The van der Waals surface area contributed by atoms with E-state index in [0.29, 0.717) is 0 Å². The van der Waals surface area contributed by atoms with Gasteiger partial charge in [0.1, 0.15) is 17.2 Å². The van der Waals surface area contributed by atoms with E-state index < -0.39 is 0 Å². The first kappa shape index (κ1) is 16.0. The Bertz CT molecular complexity index is 613. The van der Waals surface area contributed by atoms with Crippen LogP contribution in [0.25, 0.3) is 11.0 Å². The summed E-state index contributed by atoms with van der Waals surface area (Å²) in [6.07, 6.45) is 0. The monoisotopic (exact) mass is 292 g/mol. The predicted molar refractivity (Wildman–Crippen MR) is 85.0 cm³/mol. The molecule has 0 amide bonds. The summed E-state index contributed by atoms with van der Waals surface area (Å²) in [7, 11) is 2.07. The summed E-state index contributed by atoms with van der Waals surface area (Å²) in [5.41, 5.74) is 1.92. The van der Waals surface area contributed by atoms with Crippen molar-refractivity contribution in [3.05, 3.63) is 35.3 Å². The number of rotatable bonds is 5. The summed E-state index contributed by atoms with van der Waals surface area (Å²) in [6.45, 7) is 11.0. The largest absolute Gasteiger partial charge is 0.459 e. The number of hydrogen-bond donors (Lipinski definition) is 1.